The Morgan fingerprint density at radius 2 is 2.22 bits per heavy atom. The molecular weight excluding hydrogens is 222 g/mol. The molecule has 2 heteroatoms. The minimum atomic E-state index is 0.124. The second kappa shape index (κ2) is 3.86. The normalized spacial score (nSPS) is 31.1. The largest absolute Gasteiger partial charge is 0.497 e. The Labute approximate surface area is 109 Å². The number of ether oxygens (including phenoxy) is 1. The summed E-state index contributed by atoms with van der Waals surface area (Å²) in [5.74, 6) is 0.958. The SMILES string of the molecule is C=C1C2Cc3ccc(OC)cc3C1(C)CCN2C. The molecule has 2 aliphatic rings. The van der Waals surface area contributed by atoms with Gasteiger partial charge in [0.05, 0.1) is 7.11 Å². The van der Waals surface area contributed by atoms with E-state index in [1.807, 2.05) is 0 Å². The van der Waals surface area contributed by atoms with Crippen molar-refractivity contribution in [3.8, 4) is 5.75 Å². The van der Waals surface area contributed by atoms with E-state index in [9.17, 15) is 0 Å². The number of benzene rings is 1. The van der Waals surface area contributed by atoms with Gasteiger partial charge in [0.15, 0.2) is 0 Å². The average molecular weight is 243 g/mol. The lowest BCUT2D eigenvalue weighted by atomic mass is 9.62. The Balaban J connectivity index is 2.16. The van der Waals surface area contributed by atoms with Crippen LogP contribution in [0.3, 0.4) is 0 Å². The summed E-state index contributed by atoms with van der Waals surface area (Å²) in [5.41, 5.74) is 4.38. The van der Waals surface area contributed by atoms with Crippen LogP contribution < -0.4 is 4.74 Å². The number of piperidine rings is 1. The molecule has 2 nitrogen and oxygen atoms in total. The maximum Gasteiger partial charge on any atom is 0.119 e. The zero-order chi connectivity index (χ0) is 12.9. The Hall–Kier alpha value is -1.28. The molecule has 0 amide bonds. The van der Waals surface area contributed by atoms with Gasteiger partial charge in [-0.25, -0.2) is 0 Å². The fourth-order valence-electron chi connectivity index (χ4n) is 3.52. The van der Waals surface area contributed by atoms with Crippen LogP contribution in [-0.4, -0.2) is 31.6 Å². The molecule has 2 unspecified atom stereocenters. The number of hydrogen-bond acceptors (Lipinski definition) is 2. The molecule has 1 aromatic rings. The summed E-state index contributed by atoms with van der Waals surface area (Å²) in [6.45, 7) is 7.88. The highest BCUT2D eigenvalue weighted by molar-refractivity contribution is 5.51. The summed E-state index contributed by atoms with van der Waals surface area (Å²) >= 11 is 0. The Morgan fingerprint density at radius 1 is 1.44 bits per heavy atom. The van der Waals surface area contributed by atoms with E-state index in [-0.39, 0.29) is 5.41 Å². The van der Waals surface area contributed by atoms with Gasteiger partial charge < -0.3 is 4.74 Å². The first-order valence-corrected chi connectivity index (χ1v) is 6.63. The van der Waals surface area contributed by atoms with E-state index in [0.717, 1.165) is 25.1 Å². The van der Waals surface area contributed by atoms with Crippen LogP contribution in [0.1, 0.15) is 24.5 Å². The molecule has 2 atom stereocenters. The Bertz CT molecular complexity index is 508. The first kappa shape index (κ1) is 11.8. The number of nitrogens with zero attached hydrogens (tertiary/aromatic N) is 1. The van der Waals surface area contributed by atoms with Crippen molar-refractivity contribution in [1.29, 1.82) is 0 Å². The number of likely N-dealkylation sites (tertiary alicyclic amines) is 1. The van der Waals surface area contributed by atoms with Gasteiger partial charge in [0, 0.05) is 11.5 Å². The van der Waals surface area contributed by atoms with Gasteiger partial charge in [0.1, 0.15) is 5.75 Å². The Kier molecular flexibility index (Phi) is 2.53. The van der Waals surface area contributed by atoms with E-state index < -0.39 is 0 Å². The number of hydrogen-bond donors (Lipinski definition) is 0. The number of rotatable bonds is 1. The topological polar surface area (TPSA) is 12.5 Å². The molecule has 3 rings (SSSR count). The highest BCUT2D eigenvalue weighted by Gasteiger charge is 2.44. The molecule has 1 heterocycles. The minimum Gasteiger partial charge on any atom is -0.497 e. The first-order chi connectivity index (χ1) is 8.56. The van der Waals surface area contributed by atoms with Crippen molar-refractivity contribution in [2.75, 3.05) is 20.7 Å². The van der Waals surface area contributed by atoms with Gasteiger partial charge in [0.25, 0.3) is 0 Å². The third-order valence-corrected chi connectivity index (χ3v) is 4.93. The van der Waals surface area contributed by atoms with Gasteiger partial charge in [-0.1, -0.05) is 19.6 Å². The van der Waals surface area contributed by atoms with Crippen LogP contribution >= 0.6 is 0 Å². The van der Waals surface area contributed by atoms with E-state index in [1.165, 1.54) is 16.7 Å². The van der Waals surface area contributed by atoms with E-state index in [1.54, 1.807) is 7.11 Å². The molecule has 0 aromatic heterocycles. The summed E-state index contributed by atoms with van der Waals surface area (Å²) in [5, 5.41) is 0. The van der Waals surface area contributed by atoms with E-state index >= 15 is 0 Å². The van der Waals surface area contributed by atoms with E-state index in [4.69, 9.17) is 4.74 Å². The predicted molar refractivity (Wildman–Crippen MR) is 74.2 cm³/mol. The summed E-state index contributed by atoms with van der Waals surface area (Å²) in [6.07, 6.45) is 2.24. The second-order valence-corrected chi connectivity index (χ2v) is 5.83. The van der Waals surface area contributed by atoms with Gasteiger partial charge in [0.2, 0.25) is 0 Å². The number of fused-ring (bicyclic) bond motifs is 4. The monoisotopic (exact) mass is 243 g/mol. The first-order valence-electron chi connectivity index (χ1n) is 6.63. The van der Waals surface area contributed by atoms with Crippen molar-refractivity contribution in [2.45, 2.75) is 31.2 Å². The van der Waals surface area contributed by atoms with Crippen molar-refractivity contribution >= 4 is 0 Å². The quantitative estimate of drug-likeness (QED) is 0.703. The fourth-order valence-corrected chi connectivity index (χ4v) is 3.52. The molecule has 1 aromatic carbocycles. The lowest BCUT2D eigenvalue weighted by Crippen LogP contribution is -2.52. The summed E-state index contributed by atoms with van der Waals surface area (Å²) in [7, 11) is 3.95. The number of methoxy groups -OCH3 is 1. The maximum atomic E-state index is 5.38. The van der Waals surface area contributed by atoms with Crippen molar-refractivity contribution < 1.29 is 4.74 Å². The molecule has 0 saturated carbocycles. The van der Waals surface area contributed by atoms with Crippen LogP contribution in [0, 0.1) is 0 Å². The fraction of sp³-hybridized carbons (Fsp3) is 0.500. The lowest BCUT2D eigenvalue weighted by molar-refractivity contribution is 0.177. The van der Waals surface area contributed by atoms with Crippen molar-refractivity contribution in [3.63, 3.8) is 0 Å². The van der Waals surface area contributed by atoms with Crippen molar-refractivity contribution in [2.24, 2.45) is 0 Å². The van der Waals surface area contributed by atoms with Gasteiger partial charge in [-0.15, -0.1) is 0 Å². The van der Waals surface area contributed by atoms with Gasteiger partial charge >= 0.3 is 0 Å². The van der Waals surface area contributed by atoms with E-state index in [2.05, 4.69) is 43.6 Å². The summed E-state index contributed by atoms with van der Waals surface area (Å²) in [6, 6.07) is 7.02. The van der Waals surface area contributed by atoms with Crippen LogP contribution in [0.5, 0.6) is 5.75 Å². The zero-order valence-electron chi connectivity index (χ0n) is 11.5. The van der Waals surface area contributed by atoms with Crippen LogP contribution in [0.2, 0.25) is 0 Å². The smallest absolute Gasteiger partial charge is 0.119 e. The molecular formula is C16H21NO. The predicted octanol–water partition coefficient (Wildman–Crippen LogP) is 2.77. The van der Waals surface area contributed by atoms with Crippen molar-refractivity contribution in [1.82, 2.24) is 4.90 Å². The van der Waals surface area contributed by atoms with E-state index in [0.29, 0.717) is 6.04 Å². The molecule has 0 N–H and O–H groups in total. The molecule has 96 valence electrons. The van der Waals surface area contributed by atoms with Crippen LogP contribution in [0.15, 0.2) is 30.4 Å². The van der Waals surface area contributed by atoms with Crippen LogP contribution in [0.25, 0.3) is 0 Å². The minimum absolute atomic E-state index is 0.124. The molecule has 0 radical (unpaired) electrons. The summed E-state index contributed by atoms with van der Waals surface area (Å²) in [4.78, 5) is 2.44. The maximum absolute atomic E-state index is 5.38. The standard InChI is InChI=1S/C16H21NO/c1-11-15-9-12-5-6-13(18-4)10-14(12)16(11,2)7-8-17(15)3/h5-6,10,15H,1,7-9H2,2-4H3. The van der Waals surface area contributed by atoms with Crippen LogP contribution in [0.4, 0.5) is 0 Å². The lowest BCUT2D eigenvalue weighted by Gasteiger charge is -2.50. The third-order valence-electron chi connectivity index (χ3n) is 4.93. The zero-order valence-corrected chi connectivity index (χ0v) is 11.5. The molecule has 1 aliphatic carbocycles. The molecule has 1 aliphatic heterocycles. The van der Waals surface area contributed by atoms with Crippen molar-refractivity contribution in [3.05, 3.63) is 41.5 Å². The highest BCUT2D eigenvalue weighted by Crippen LogP contribution is 2.48. The Morgan fingerprint density at radius 3 is 2.94 bits per heavy atom. The average Bonchev–Trinajstić information content (AvgIpc) is 2.38. The van der Waals surface area contributed by atoms with Crippen LogP contribution in [-0.2, 0) is 11.8 Å². The van der Waals surface area contributed by atoms with Gasteiger partial charge in [-0.05, 0) is 55.3 Å². The summed E-state index contributed by atoms with van der Waals surface area (Å²) < 4.78 is 5.38. The molecule has 18 heavy (non-hydrogen) atoms. The molecule has 0 spiro atoms. The number of likely N-dealkylation sites (N-methyl/N-ethyl adjacent to an activating group) is 1. The second-order valence-electron chi connectivity index (χ2n) is 5.83. The molecule has 2 bridgehead atoms. The molecule has 1 fully saturated rings. The highest BCUT2D eigenvalue weighted by atomic mass is 16.5. The van der Waals surface area contributed by atoms with Gasteiger partial charge in [-0.3, -0.25) is 4.90 Å². The molecule has 1 saturated heterocycles. The van der Waals surface area contributed by atoms with Gasteiger partial charge in [-0.2, -0.15) is 0 Å². The third kappa shape index (κ3) is 1.45.